The van der Waals surface area contributed by atoms with Crippen LogP contribution < -0.4 is 15.2 Å². The van der Waals surface area contributed by atoms with Gasteiger partial charge in [0.15, 0.2) is 0 Å². The first-order valence-corrected chi connectivity index (χ1v) is 9.89. The number of carbonyl (C=O) groups excluding carboxylic acids is 1. The third-order valence-electron chi connectivity index (χ3n) is 5.37. The number of furan rings is 1. The Hall–Kier alpha value is -3.75. The lowest BCUT2D eigenvalue weighted by Crippen LogP contribution is -2.17. The monoisotopic (exact) mass is 442 g/mol. The molecule has 9 heteroatoms. The second-order valence-electron chi connectivity index (χ2n) is 7.70. The van der Waals surface area contributed by atoms with Crippen LogP contribution in [0.3, 0.4) is 0 Å². The van der Waals surface area contributed by atoms with E-state index >= 15 is 0 Å². The average molecular weight is 442 g/mol. The van der Waals surface area contributed by atoms with Crippen LogP contribution in [0.1, 0.15) is 40.4 Å². The number of hydrogen-bond acceptors (Lipinski definition) is 5. The van der Waals surface area contributed by atoms with E-state index in [0.29, 0.717) is 39.2 Å². The molecule has 1 aliphatic carbocycles. The Bertz CT molecular complexity index is 1370. The van der Waals surface area contributed by atoms with Crippen molar-refractivity contribution >= 4 is 27.8 Å². The number of nitrogens with zero attached hydrogens (tertiary/aromatic N) is 1. The minimum atomic E-state index is -4.79. The zero-order valence-corrected chi connectivity index (χ0v) is 16.8. The van der Waals surface area contributed by atoms with Gasteiger partial charge >= 0.3 is 6.36 Å². The number of nitrogens with two attached hydrogens (primary N) is 1. The maximum atomic E-state index is 12.5. The van der Waals surface area contributed by atoms with Crippen molar-refractivity contribution in [2.75, 3.05) is 0 Å². The van der Waals surface area contributed by atoms with Crippen LogP contribution in [-0.2, 0) is 0 Å². The number of aryl methyl sites for hydroxylation is 1. The number of hydrogen-bond donors (Lipinski definition) is 1. The molecule has 2 heterocycles. The first-order chi connectivity index (χ1) is 15.2. The molecule has 0 spiro atoms. The Labute approximate surface area is 179 Å². The lowest BCUT2D eigenvalue weighted by molar-refractivity contribution is -0.274. The van der Waals surface area contributed by atoms with E-state index < -0.39 is 12.3 Å². The molecule has 0 bridgehead atoms. The summed E-state index contributed by atoms with van der Waals surface area (Å²) in [5.41, 5.74) is 7.66. The van der Waals surface area contributed by atoms with Crippen molar-refractivity contribution in [3.8, 4) is 17.2 Å². The van der Waals surface area contributed by atoms with Gasteiger partial charge in [-0.15, -0.1) is 13.2 Å². The van der Waals surface area contributed by atoms with E-state index in [1.54, 1.807) is 19.1 Å². The summed E-state index contributed by atoms with van der Waals surface area (Å²) in [5, 5.41) is 1.22. The number of aromatic nitrogens is 1. The molecule has 1 amide bonds. The molecule has 6 nitrogen and oxygen atoms in total. The fourth-order valence-electron chi connectivity index (χ4n) is 3.94. The SMILES string of the molecule is Cc1oc2cc(Oc3ccnc4cc(OC(F)(F)F)ccc34)cc(C3CC3)c2c1C(N)=O. The van der Waals surface area contributed by atoms with Gasteiger partial charge in [0.05, 0.1) is 11.1 Å². The van der Waals surface area contributed by atoms with E-state index in [-0.39, 0.29) is 17.2 Å². The fourth-order valence-corrected chi connectivity index (χ4v) is 3.94. The highest BCUT2D eigenvalue weighted by Crippen LogP contribution is 2.47. The predicted octanol–water partition coefficient (Wildman–Crippen LogP) is 5.96. The first kappa shape index (κ1) is 20.2. The molecule has 32 heavy (non-hydrogen) atoms. The van der Waals surface area contributed by atoms with Gasteiger partial charge in [0.1, 0.15) is 28.6 Å². The van der Waals surface area contributed by atoms with Crippen molar-refractivity contribution in [2.24, 2.45) is 5.73 Å². The minimum absolute atomic E-state index is 0.285. The van der Waals surface area contributed by atoms with E-state index in [1.165, 1.54) is 24.4 Å². The van der Waals surface area contributed by atoms with Crippen LogP contribution in [0, 0.1) is 6.92 Å². The molecule has 0 aliphatic heterocycles. The Morgan fingerprint density at radius 2 is 1.94 bits per heavy atom. The molecule has 0 radical (unpaired) electrons. The third-order valence-corrected chi connectivity index (χ3v) is 5.37. The molecule has 1 fully saturated rings. The van der Waals surface area contributed by atoms with E-state index in [9.17, 15) is 18.0 Å². The lowest BCUT2D eigenvalue weighted by Gasteiger charge is -2.12. The standard InChI is InChI=1S/C23H17F3N2O4/c1-11-20(22(27)29)21-16(12-2-3-12)8-14(10-19(21)30-11)31-18-6-7-28-17-9-13(4-5-15(17)18)32-23(24,25)26/h4-10,12H,2-3H2,1H3,(H2,27,29). The smallest absolute Gasteiger partial charge is 0.460 e. The zero-order chi connectivity index (χ0) is 22.6. The van der Waals surface area contributed by atoms with Gasteiger partial charge < -0.3 is 19.6 Å². The Morgan fingerprint density at radius 1 is 1.16 bits per heavy atom. The third kappa shape index (κ3) is 3.70. The molecule has 1 saturated carbocycles. The van der Waals surface area contributed by atoms with E-state index in [0.717, 1.165) is 18.4 Å². The molecule has 2 aromatic carbocycles. The average Bonchev–Trinajstić information content (AvgIpc) is 3.48. The summed E-state index contributed by atoms with van der Waals surface area (Å²) in [4.78, 5) is 16.1. The molecule has 0 atom stereocenters. The second-order valence-corrected chi connectivity index (χ2v) is 7.70. The summed E-state index contributed by atoms with van der Waals surface area (Å²) >= 11 is 0. The van der Waals surface area contributed by atoms with Gasteiger partial charge in [-0.05, 0) is 55.5 Å². The molecular formula is C23H17F3N2O4. The van der Waals surface area contributed by atoms with Crippen LogP contribution >= 0.6 is 0 Å². The Kier molecular flexibility index (Phi) is 4.51. The van der Waals surface area contributed by atoms with Crippen LogP contribution in [0.2, 0.25) is 0 Å². The number of carbonyl (C=O) groups is 1. The summed E-state index contributed by atoms with van der Waals surface area (Å²) in [5.74, 6) is 0.705. The van der Waals surface area contributed by atoms with Crippen molar-refractivity contribution in [2.45, 2.75) is 32.0 Å². The number of alkyl halides is 3. The van der Waals surface area contributed by atoms with Crippen LogP contribution in [0.15, 0.2) is 47.0 Å². The summed E-state index contributed by atoms with van der Waals surface area (Å²) in [7, 11) is 0. The molecule has 4 aromatic rings. The van der Waals surface area contributed by atoms with Gasteiger partial charge in [-0.2, -0.15) is 0 Å². The lowest BCUT2D eigenvalue weighted by atomic mass is 10.0. The van der Waals surface area contributed by atoms with Crippen LogP contribution in [-0.4, -0.2) is 17.3 Å². The van der Waals surface area contributed by atoms with Crippen molar-refractivity contribution in [3.05, 3.63) is 59.5 Å². The Balaban J connectivity index is 1.56. The van der Waals surface area contributed by atoms with Gasteiger partial charge in [0, 0.05) is 29.1 Å². The number of benzene rings is 2. The predicted molar refractivity (Wildman–Crippen MR) is 110 cm³/mol. The molecule has 164 valence electrons. The topological polar surface area (TPSA) is 87.6 Å². The van der Waals surface area contributed by atoms with Crippen LogP contribution in [0.5, 0.6) is 17.2 Å². The molecule has 5 rings (SSSR count). The van der Waals surface area contributed by atoms with Gasteiger partial charge in [-0.3, -0.25) is 9.78 Å². The second kappa shape index (κ2) is 7.15. The quantitative estimate of drug-likeness (QED) is 0.412. The molecule has 0 unspecified atom stereocenters. The summed E-state index contributed by atoms with van der Waals surface area (Å²) < 4.78 is 53.4. The fraction of sp³-hybridized carbons (Fsp3) is 0.217. The highest BCUT2D eigenvalue weighted by molar-refractivity contribution is 6.08. The van der Waals surface area contributed by atoms with E-state index in [4.69, 9.17) is 14.9 Å². The number of ether oxygens (including phenoxy) is 2. The van der Waals surface area contributed by atoms with Crippen molar-refractivity contribution in [1.82, 2.24) is 4.98 Å². The summed E-state index contributed by atoms with van der Waals surface area (Å²) in [6.45, 7) is 1.69. The molecule has 2 aromatic heterocycles. The Morgan fingerprint density at radius 3 is 2.62 bits per heavy atom. The highest BCUT2D eigenvalue weighted by atomic mass is 19.4. The van der Waals surface area contributed by atoms with E-state index in [1.807, 2.05) is 6.07 Å². The molecule has 1 aliphatic rings. The van der Waals surface area contributed by atoms with Crippen molar-refractivity contribution in [3.63, 3.8) is 0 Å². The summed E-state index contributed by atoms with van der Waals surface area (Å²) in [6.07, 6.45) is -1.37. The number of rotatable bonds is 5. The number of halogens is 3. The molecule has 2 N–H and O–H groups in total. The summed E-state index contributed by atoms with van der Waals surface area (Å²) in [6, 6.07) is 9.02. The van der Waals surface area contributed by atoms with Gasteiger partial charge in [-0.25, -0.2) is 0 Å². The normalized spacial score (nSPS) is 14.1. The van der Waals surface area contributed by atoms with Crippen molar-refractivity contribution < 1.29 is 31.9 Å². The highest BCUT2D eigenvalue weighted by Gasteiger charge is 2.32. The van der Waals surface area contributed by atoms with Crippen LogP contribution in [0.25, 0.3) is 21.9 Å². The molecular weight excluding hydrogens is 425 g/mol. The van der Waals surface area contributed by atoms with Gasteiger partial charge in [0.2, 0.25) is 0 Å². The number of fused-ring (bicyclic) bond motifs is 2. The maximum absolute atomic E-state index is 12.5. The maximum Gasteiger partial charge on any atom is 0.573 e. The van der Waals surface area contributed by atoms with Gasteiger partial charge in [-0.1, -0.05) is 0 Å². The van der Waals surface area contributed by atoms with Gasteiger partial charge in [0.25, 0.3) is 5.91 Å². The zero-order valence-electron chi connectivity index (χ0n) is 16.8. The van der Waals surface area contributed by atoms with E-state index in [2.05, 4.69) is 9.72 Å². The number of amides is 1. The van der Waals surface area contributed by atoms with Crippen LogP contribution in [0.4, 0.5) is 13.2 Å². The van der Waals surface area contributed by atoms with Crippen molar-refractivity contribution in [1.29, 1.82) is 0 Å². The number of pyridine rings is 1. The largest absolute Gasteiger partial charge is 0.573 e. The minimum Gasteiger partial charge on any atom is -0.460 e. The molecule has 0 saturated heterocycles. The first-order valence-electron chi connectivity index (χ1n) is 9.89. The number of primary amides is 1.